The van der Waals surface area contributed by atoms with Crippen molar-refractivity contribution in [2.75, 3.05) is 39.8 Å². The molecule has 6 heteroatoms. The molecule has 6 nitrogen and oxygen atoms in total. The second kappa shape index (κ2) is 8.50. The van der Waals surface area contributed by atoms with Crippen LogP contribution in [0.25, 0.3) is 0 Å². The van der Waals surface area contributed by atoms with E-state index in [1.807, 2.05) is 11.9 Å². The molecular weight excluding hydrogens is 352 g/mol. The molecule has 1 aliphatic rings. The minimum Gasteiger partial charge on any atom is -0.459 e. The fraction of sp³-hybridized carbons (Fsp3) is 0.455. The highest BCUT2D eigenvalue weighted by Gasteiger charge is 2.27. The smallest absolute Gasteiger partial charge is 0.289 e. The predicted molar refractivity (Wildman–Crippen MR) is 112 cm³/mol. The molecule has 3 rings (SSSR count). The molecule has 1 fully saturated rings. The molecule has 1 aromatic carbocycles. The number of aliphatic imine (C=N–C) groups is 1. The van der Waals surface area contributed by atoms with E-state index in [1.165, 1.54) is 17.4 Å². The van der Waals surface area contributed by atoms with Gasteiger partial charge in [-0.05, 0) is 30.2 Å². The summed E-state index contributed by atoms with van der Waals surface area (Å²) in [6.07, 6.45) is 1.53. The van der Waals surface area contributed by atoms with Gasteiger partial charge in [0.15, 0.2) is 11.7 Å². The van der Waals surface area contributed by atoms with E-state index in [4.69, 9.17) is 4.42 Å². The first kappa shape index (κ1) is 20.0. The molecule has 2 heterocycles. The standard InChI is InChI=1S/C22H30N4O2/c1-17-8-5-6-9-18(17)22(2,3)16-24-21(23-4)26-13-11-25(12-14-26)20(27)19-10-7-15-28-19/h5-10,15H,11-14,16H2,1-4H3,(H,23,24). The summed E-state index contributed by atoms with van der Waals surface area (Å²) in [5, 5.41) is 3.53. The van der Waals surface area contributed by atoms with Gasteiger partial charge in [0.1, 0.15) is 0 Å². The van der Waals surface area contributed by atoms with Crippen molar-refractivity contribution >= 4 is 11.9 Å². The number of hydrogen-bond donors (Lipinski definition) is 1. The molecule has 28 heavy (non-hydrogen) atoms. The lowest BCUT2D eigenvalue weighted by molar-refractivity contribution is 0.0657. The van der Waals surface area contributed by atoms with Gasteiger partial charge in [0, 0.05) is 45.2 Å². The number of hydrogen-bond acceptors (Lipinski definition) is 3. The van der Waals surface area contributed by atoms with Crippen molar-refractivity contribution in [1.82, 2.24) is 15.1 Å². The number of benzene rings is 1. The maximum Gasteiger partial charge on any atom is 0.289 e. The Balaban J connectivity index is 1.56. The van der Waals surface area contributed by atoms with Crippen molar-refractivity contribution in [3.05, 3.63) is 59.5 Å². The van der Waals surface area contributed by atoms with Crippen LogP contribution < -0.4 is 5.32 Å². The Hall–Kier alpha value is -2.76. The van der Waals surface area contributed by atoms with Gasteiger partial charge in [0.05, 0.1) is 6.26 Å². The topological polar surface area (TPSA) is 61.1 Å². The highest BCUT2D eigenvalue weighted by molar-refractivity contribution is 5.91. The summed E-state index contributed by atoms with van der Waals surface area (Å²) >= 11 is 0. The fourth-order valence-electron chi connectivity index (χ4n) is 3.74. The lowest BCUT2D eigenvalue weighted by atomic mass is 9.82. The largest absolute Gasteiger partial charge is 0.459 e. The van der Waals surface area contributed by atoms with Crippen LogP contribution in [0.2, 0.25) is 0 Å². The predicted octanol–water partition coefficient (Wildman–Crippen LogP) is 2.90. The van der Waals surface area contributed by atoms with Crippen LogP contribution >= 0.6 is 0 Å². The molecule has 2 aromatic rings. The molecule has 1 saturated heterocycles. The van der Waals surface area contributed by atoms with Gasteiger partial charge in [0.2, 0.25) is 0 Å². The van der Waals surface area contributed by atoms with Crippen molar-refractivity contribution in [3.8, 4) is 0 Å². The number of aryl methyl sites for hydroxylation is 1. The number of piperazine rings is 1. The number of nitrogens with one attached hydrogen (secondary N) is 1. The molecular formula is C22H30N4O2. The maximum atomic E-state index is 12.4. The number of furan rings is 1. The van der Waals surface area contributed by atoms with Gasteiger partial charge < -0.3 is 19.5 Å². The zero-order chi connectivity index (χ0) is 20.1. The molecule has 1 amide bonds. The highest BCUT2D eigenvalue weighted by Crippen LogP contribution is 2.25. The van der Waals surface area contributed by atoms with Crippen LogP contribution in [0.1, 0.15) is 35.5 Å². The Kier molecular flexibility index (Phi) is 6.07. The van der Waals surface area contributed by atoms with E-state index in [9.17, 15) is 4.79 Å². The van der Waals surface area contributed by atoms with Gasteiger partial charge in [-0.2, -0.15) is 0 Å². The van der Waals surface area contributed by atoms with Gasteiger partial charge in [-0.15, -0.1) is 0 Å². The van der Waals surface area contributed by atoms with E-state index in [-0.39, 0.29) is 11.3 Å². The Morgan fingerprint density at radius 3 is 2.39 bits per heavy atom. The Morgan fingerprint density at radius 2 is 1.79 bits per heavy atom. The van der Waals surface area contributed by atoms with Gasteiger partial charge in [-0.25, -0.2) is 0 Å². The molecule has 0 spiro atoms. The monoisotopic (exact) mass is 382 g/mol. The molecule has 0 atom stereocenters. The van der Waals surface area contributed by atoms with E-state index < -0.39 is 0 Å². The summed E-state index contributed by atoms with van der Waals surface area (Å²) in [5.74, 6) is 1.23. The summed E-state index contributed by atoms with van der Waals surface area (Å²) < 4.78 is 5.23. The first-order valence-corrected chi connectivity index (χ1v) is 9.77. The molecule has 150 valence electrons. The summed E-state index contributed by atoms with van der Waals surface area (Å²) in [6, 6.07) is 12.0. The SMILES string of the molecule is CN=C(NCC(C)(C)c1ccccc1C)N1CCN(C(=O)c2ccco2)CC1. The fourth-order valence-corrected chi connectivity index (χ4v) is 3.74. The van der Waals surface area contributed by atoms with E-state index in [0.717, 1.165) is 25.6 Å². The third-order valence-electron chi connectivity index (χ3n) is 5.37. The average molecular weight is 383 g/mol. The van der Waals surface area contributed by atoms with Crippen LogP contribution in [0.5, 0.6) is 0 Å². The summed E-state index contributed by atoms with van der Waals surface area (Å²) in [5.41, 5.74) is 2.62. The van der Waals surface area contributed by atoms with Crippen LogP contribution in [0.4, 0.5) is 0 Å². The first-order valence-electron chi connectivity index (χ1n) is 9.77. The Bertz CT molecular complexity index is 819. The quantitative estimate of drug-likeness (QED) is 0.652. The van der Waals surface area contributed by atoms with Crippen molar-refractivity contribution < 1.29 is 9.21 Å². The van der Waals surface area contributed by atoms with Crippen molar-refractivity contribution in [2.24, 2.45) is 4.99 Å². The van der Waals surface area contributed by atoms with Crippen LogP contribution in [-0.4, -0.2) is 61.4 Å². The normalized spacial score (nSPS) is 15.6. The van der Waals surface area contributed by atoms with Crippen LogP contribution in [0.15, 0.2) is 52.1 Å². The van der Waals surface area contributed by atoms with Crippen LogP contribution in [0, 0.1) is 6.92 Å². The zero-order valence-electron chi connectivity index (χ0n) is 17.2. The third-order valence-corrected chi connectivity index (χ3v) is 5.37. The first-order chi connectivity index (χ1) is 13.4. The van der Waals surface area contributed by atoms with Gasteiger partial charge >= 0.3 is 0 Å². The van der Waals surface area contributed by atoms with Crippen molar-refractivity contribution in [1.29, 1.82) is 0 Å². The molecule has 1 aromatic heterocycles. The summed E-state index contributed by atoms with van der Waals surface area (Å²) in [7, 11) is 1.81. The third kappa shape index (κ3) is 4.38. The molecule has 0 unspecified atom stereocenters. The lowest BCUT2D eigenvalue weighted by Crippen LogP contribution is -2.54. The van der Waals surface area contributed by atoms with Crippen LogP contribution in [0.3, 0.4) is 0 Å². The van der Waals surface area contributed by atoms with Gasteiger partial charge in [0.25, 0.3) is 5.91 Å². The molecule has 0 radical (unpaired) electrons. The zero-order valence-corrected chi connectivity index (χ0v) is 17.2. The van der Waals surface area contributed by atoms with E-state index in [0.29, 0.717) is 18.8 Å². The number of amides is 1. The van der Waals surface area contributed by atoms with E-state index in [2.05, 4.69) is 60.2 Å². The molecule has 1 N–H and O–H groups in total. The average Bonchev–Trinajstić information content (AvgIpc) is 3.23. The molecule has 0 bridgehead atoms. The molecule has 0 saturated carbocycles. The second-order valence-electron chi connectivity index (χ2n) is 7.86. The number of carbonyl (C=O) groups excluding carboxylic acids is 1. The summed E-state index contributed by atoms with van der Waals surface area (Å²) in [6.45, 7) is 10.2. The number of guanidine groups is 1. The minimum atomic E-state index is -0.0479. The molecule has 0 aliphatic carbocycles. The number of rotatable bonds is 4. The molecule has 1 aliphatic heterocycles. The number of nitrogens with zero attached hydrogens (tertiary/aromatic N) is 3. The van der Waals surface area contributed by atoms with Gasteiger partial charge in [-0.3, -0.25) is 9.79 Å². The number of carbonyl (C=O) groups is 1. The lowest BCUT2D eigenvalue weighted by Gasteiger charge is -2.37. The minimum absolute atomic E-state index is 0.0155. The van der Waals surface area contributed by atoms with Crippen LogP contribution in [-0.2, 0) is 5.41 Å². The summed E-state index contributed by atoms with van der Waals surface area (Å²) in [4.78, 5) is 20.9. The highest BCUT2D eigenvalue weighted by atomic mass is 16.3. The second-order valence-corrected chi connectivity index (χ2v) is 7.86. The Labute approximate surface area is 167 Å². The van der Waals surface area contributed by atoms with Gasteiger partial charge in [-0.1, -0.05) is 38.1 Å². The van der Waals surface area contributed by atoms with Crippen molar-refractivity contribution in [2.45, 2.75) is 26.2 Å². The Morgan fingerprint density at radius 1 is 1.11 bits per heavy atom. The maximum absolute atomic E-state index is 12.4. The van der Waals surface area contributed by atoms with E-state index in [1.54, 1.807) is 12.1 Å². The van der Waals surface area contributed by atoms with E-state index >= 15 is 0 Å². The van der Waals surface area contributed by atoms with Crippen molar-refractivity contribution in [3.63, 3.8) is 0 Å².